The molecule has 8 heteroatoms. The molecule has 1 aromatic heterocycles. The van der Waals surface area contributed by atoms with Crippen molar-refractivity contribution in [3.05, 3.63) is 49.4 Å². The summed E-state index contributed by atoms with van der Waals surface area (Å²) < 4.78 is 2.17. The van der Waals surface area contributed by atoms with Crippen molar-refractivity contribution in [1.82, 2.24) is 14.8 Å². The topological polar surface area (TPSA) is 90.2 Å². The summed E-state index contributed by atoms with van der Waals surface area (Å²) in [4.78, 5) is 27.7. The molecule has 2 heterocycles. The van der Waals surface area contributed by atoms with Crippen LogP contribution in [0.15, 0.2) is 29.1 Å². The lowest BCUT2D eigenvalue weighted by molar-refractivity contribution is -0.115. The number of hydrogen-bond acceptors (Lipinski definition) is 6. The Kier molecular flexibility index (Phi) is 8.88. The Balaban J connectivity index is 1.82. The Morgan fingerprint density at radius 2 is 2.09 bits per heavy atom. The van der Waals surface area contributed by atoms with Crippen molar-refractivity contribution < 1.29 is 4.79 Å². The van der Waals surface area contributed by atoms with Gasteiger partial charge >= 0.3 is 0 Å². The van der Waals surface area contributed by atoms with E-state index in [1.54, 1.807) is 13.1 Å². The molecule has 172 valence electrons. The minimum Gasteiger partial charge on any atom is -0.360 e. The number of nitrogens with zero attached hydrogens (tertiary/aromatic N) is 3. The van der Waals surface area contributed by atoms with Crippen molar-refractivity contribution in [3.63, 3.8) is 0 Å². The van der Waals surface area contributed by atoms with Gasteiger partial charge in [-0.15, -0.1) is 17.8 Å². The second-order valence-corrected chi connectivity index (χ2v) is 8.87. The third-order valence-electron chi connectivity index (χ3n) is 5.59. The summed E-state index contributed by atoms with van der Waals surface area (Å²) in [6, 6.07) is 10.1. The third-order valence-corrected chi connectivity index (χ3v) is 6.72. The zero-order chi connectivity index (χ0) is 23.6. The Labute approximate surface area is 198 Å². The van der Waals surface area contributed by atoms with Crippen molar-refractivity contribution in [2.45, 2.75) is 39.2 Å². The van der Waals surface area contributed by atoms with E-state index in [1.807, 2.05) is 18.2 Å². The number of hydrogen-bond donors (Lipinski definition) is 2. The molecular weight excluding hydrogens is 434 g/mol. The molecule has 1 aliphatic heterocycles. The van der Waals surface area contributed by atoms with Crippen LogP contribution in [-0.4, -0.2) is 41.6 Å². The second-order valence-electron chi connectivity index (χ2n) is 7.84. The van der Waals surface area contributed by atoms with E-state index in [0.29, 0.717) is 15.7 Å². The minimum absolute atomic E-state index is 0.0143. The highest BCUT2D eigenvalue weighted by molar-refractivity contribution is 7.07. The van der Waals surface area contributed by atoms with Gasteiger partial charge in [0.25, 0.3) is 11.5 Å². The maximum Gasteiger partial charge on any atom is 0.270 e. The number of piperidine rings is 1. The molecule has 7 nitrogen and oxygen atoms in total. The standard InChI is InChI=1S/C25H29N5O2S/c1-3-12-27-23(31)21(17-26)25-30(4-2)24(32)22(33-25)18-28-20-10-8-9-19(16-20)11-15-29-13-6-5-7-14-29/h1,8-10,16,18,28H,4-7,11-15H2,2H3,(H,27,31)/b22-18+,25-21-. The molecule has 1 saturated heterocycles. The number of amides is 1. The van der Waals surface area contributed by atoms with E-state index in [0.717, 1.165) is 30.0 Å². The summed E-state index contributed by atoms with van der Waals surface area (Å²) in [5.74, 6) is 1.72. The molecule has 2 aromatic rings. The first-order chi connectivity index (χ1) is 16.1. The van der Waals surface area contributed by atoms with E-state index in [2.05, 4.69) is 33.6 Å². The fourth-order valence-corrected chi connectivity index (χ4v) is 4.93. The van der Waals surface area contributed by atoms with Crippen molar-refractivity contribution in [1.29, 1.82) is 5.26 Å². The van der Waals surface area contributed by atoms with Crippen LogP contribution in [0, 0.1) is 23.7 Å². The van der Waals surface area contributed by atoms with Crippen molar-refractivity contribution in [3.8, 4) is 18.4 Å². The molecule has 1 aromatic carbocycles. The van der Waals surface area contributed by atoms with Gasteiger partial charge in [0, 0.05) is 25.0 Å². The summed E-state index contributed by atoms with van der Waals surface area (Å²) in [6.07, 6.45) is 11.7. The number of anilines is 1. The van der Waals surface area contributed by atoms with Crippen molar-refractivity contribution in [2.24, 2.45) is 0 Å². The van der Waals surface area contributed by atoms with Crippen LogP contribution in [-0.2, 0) is 17.8 Å². The molecule has 1 amide bonds. The van der Waals surface area contributed by atoms with Crippen LogP contribution < -0.4 is 25.4 Å². The highest BCUT2D eigenvalue weighted by atomic mass is 32.1. The molecule has 1 fully saturated rings. The van der Waals surface area contributed by atoms with E-state index < -0.39 is 5.91 Å². The summed E-state index contributed by atoms with van der Waals surface area (Å²) in [7, 11) is 0. The lowest BCUT2D eigenvalue weighted by Gasteiger charge is -2.26. The van der Waals surface area contributed by atoms with Crippen molar-refractivity contribution >= 4 is 34.7 Å². The van der Waals surface area contributed by atoms with E-state index >= 15 is 0 Å². The first kappa shape index (κ1) is 24.3. The molecule has 0 unspecified atom stereocenters. The van der Waals surface area contributed by atoms with Crippen molar-refractivity contribution in [2.75, 3.05) is 31.5 Å². The molecule has 1 aliphatic rings. The normalized spacial score (nSPS) is 15.4. The number of terminal acetylenes is 1. The average molecular weight is 464 g/mol. The lowest BCUT2D eigenvalue weighted by Crippen LogP contribution is -2.34. The summed E-state index contributed by atoms with van der Waals surface area (Å²) in [5, 5.41) is 15.2. The molecule has 0 radical (unpaired) electrons. The zero-order valence-electron chi connectivity index (χ0n) is 18.9. The number of nitrogens with one attached hydrogen (secondary N) is 2. The number of carbonyl (C=O) groups is 1. The molecule has 2 N–H and O–H groups in total. The molecular formula is C25H29N5O2S. The fourth-order valence-electron chi connectivity index (χ4n) is 3.84. The van der Waals surface area contributed by atoms with Gasteiger partial charge in [-0.25, -0.2) is 0 Å². The van der Waals surface area contributed by atoms with Crippen LogP contribution in [0.5, 0.6) is 0 Å². The van der Waals surface area contributed by atoms with Gasteiger partial charge in [-0.3, -0.25) is 14.2 Å². The predicted octanol–water partition coefficient (Wildman–Crippen LogP) is 1.23. The van der Waals surface area contributed by atoms with Gasteiger partial charge in [0.2, 0.25) is 0 Å². The van der Waals surface area contributed by atoms with Crippen LogP contribution in [0.2, 0.25) is 0 Å². The molecule has 0 spiro atoms. The first-order valence-corrected chi connectivity index (χ1v) is 12.0. The number of benzene rings is 1. The Morgan fingerprint density at radius 3 is 2.79 bits per heavy atom. The number of carbonyl (C=O) groups excluding carboxylic acids is 1. The largest absolute Gasteiger partial charge is 0.360 e. The summed E-state index contributed by atoms with van der Waals surface area (Å²) in [5.41, 5.74) is 1.76. The smallest absolute Gasteiger partial charge is 0.270 e. The number of nitriles is 1. The third kappa shape index (κ3) is 6.35. The lowest BCUT2D eigenvalue weighted by atomic mass is 10.1. The van der Waals surface area contributed by atoms with Gasteiger partial charge < -0.3 is 15.5 Å². The molecule has 0 saturated carbocycles. The maximum absolute atomic E-state index is 12.9. The van der Waals surface area contributed by atoms with Crippen LogP contribution >= 0.6 is 11.3 Å². The van der Waals surface area contributed by atoms with Crippen LogP contribution in [0.25, 0.3) is 11.8 Å². The van der Waals surface area contributed by atoms with Gasteiger partial charge in [0.05, 0.1) is 6.54 Å². The van der Waals surface area contributed by atoms with E-state index in [9.17, 15) is 14.9 Å². The van der Waals surface area contributed by atoms with E-state index in [4.69, 9.17) is 6.42 Å². The number of aromatic nitrogens is 1. The number of thiazole rings is 1. The summed E-state index contributed by atoms with van der Waals surface area (Å²) >= 11 is 1.11. The Bertz CT molecular complexity index is 1240. The second kappa shape index (κ2) is 12.1. The Morgan fingerprint density at radius 1 is 1.30 bits per heavy atom. The fraction of sp³-hybridized carbons (Fsp3) is 0.400. The predicted molar refractivity (Wildman–Crippen MR) is 133 cm³/mol. The average Bonchev–Trinajstić information content (AvgIpc) is 3.16. The van der Waals surface area contributed by atoms with Gasteiger partial charge in [0.15, 0.2) is 5.57 Å². The molecule has 0 aliphatic carbocycles. The SMILES string of the molecule is C#CCNC(=O)/C(C#N)=c1\s/c(=C/Nc2cccc(CCN3CCCCC3)c2)c(=O)n1CC. The maximum atomic E-state index is 12.9. The molecule has 0 bridgehead atoms. The van der Waals surface area contributed by atoms with E-state index in [1.165, 1.54) is 42.5 Å². The minimum atomic E-state index is -0.584. The quantitative estimate of drug-likeness (QED) is 0.575. The van der Waals surface area contributed by atoms with E-state index in [-0.39, 0.29) is 17.7 Å². The van der Waals surface area contributed by atoms with Crippen LogP contribution in [0.3, 0.4) is 0 Å². The monoisotopic (exact) mass is 463 g/mol. The first-order valence-electron chi connectivity index (χ1n) is 11.2. The van der Waals surface area contributed by atoms with Gasteiger partial charge in [-0.1, -0.05) is 24.5 Å². The highest BCUT2D eigenvalue weighted by Crippen LogP contribution is 2.13. The zero-order valence-corrected chi connectivity index (χ0v) is 19.7. The number of rotatable bonds is 8. The highest BCUT2D eigenvalue weighted by Gasteiger charge is 2.14. The molecule has 0 atom stereocenters. The van der Waals surface area contributed by atoms with Gasteiger partial charge in [-0.2, -0.15) is 5.26 Å². The summed E-state index contributed by atoms with van der Waals surface area (Å²) in [6.45, 7) is 5.57. The Hall–Kier alpha value is -3.33. The molecule has 3 rings (SSSR count). The van der Waals surface area contributed by atoms with Crippen LogP contribution in [0.1, 0.15) is 31.7 Å². The van der Waals surface area contributed by atoms with Gasteiger partial charge in [0.1, 0.15) is 15.3 Å². The van der Waals surface area contributed by atoms with Gasteiger partial charge in [-0.05, 0) is 57.0 Å². The number of likely N-dealkylation sites (tertiary alicyclic amines) is 1. The molecule has 33 heavy (non-hydrogen) atoms. The van der Waals surface area contributed by atoms with Crippen LogP contribution in [0.4, 0.5) is 5.69 Å².